The maximum Gasteiger partial charge on any atom is 0.269 e. The summed E-state index contributed by atoms with van der Waals surface area (Å²) >= 11 is 0. The first kappa shape index (κ1) is 20.3. The normalized spacial score (nSPS) is 11.0. The molecular formula is C25H18FN5O2. The minimum Gasteiger partial charge on any atom is -0.258 e. The zero-order valence-electron chi connectivity index (χ0n) is 17.6. The molecule has 33 heavy (non-hydrogen) atoms. The molecule has 2 heterocycles. The third-order valence-corrected chi connectivity index (χ3v) is 5.27. The van der Waals surface area contributed by atoms with E-state index in [2.05, 4.69) is 5.10 Å². The summed E-state index contributed by atoms with van der Waals surface area (Å²) < 4.78 is 17.1. The van der Waals surface area contributed by atoms with Crippen LogP contribution in [0.1, 0.15) is 5.69 Å². The van der Waals surface area contributed by atoms with E-state index in [1.165, 1.54) is 24.3 Å². The van der Waals surface area contributed by atoms with Gasteiger partial charge in [0.25, 0.3) is 5.69 Å². The van der Waals surface area contributed by atoms with Crippen molar-refractivity contribution in [2.45, 2.75) is 6.92 Å². The standard InChI is InChI=1S/C25H18FN5O2/c1-17-15-24(30(27-17)21-5-3-2-4-6-21)23-16-29(20-11-13-22(14-12-20)31(32)33)28-25(23)18-7-9-19(26)10-8-18/h2-16H,1H3. The number of aryl methyl sites for hydroxylation is 1. The Morgan fingerprint density at radius 3 is 2.24 bits per heavy atom. The molecule has 0 saturated heterocycles. The van der Waals surface area contributed by atoms with Gasteiger partial charge in [0.15, 0.2) is 0 Å². The number of aromatic nitrogens is 4. The Bertz CT molecular complexity index is 1440. The molecule has 5 aromatic rings. The molecule has 0 unspecified atom stereocenters. The van der Waals surface area contributed by atoms with E-state index in [0.717, 1.165) is 28.2 Å². The van der Waals surface area contributed by atoms with Gasteiger partial charge in [-0.25, -0.2) is 13.8 Å². The van der Waals surface area contributed by atoms with Crippen molar-refractivity contribution in [3.63, 3.8) is 0 Å². The SMILES string of the molecule is Cc1cc(-c2cn(-c3ccc([N+](=O)[O-])cc3)nc2-c2ccc(F)cc2)n(-c2ccccc2)n1. The van der Waals surface area contributed by atoms with Crippen LogP contribution in [-0.2, 0) is 0 Å². The molecule has 0 aliphatic rings. The van der Waals surface area contributed by atoms with Crippen molar-refractivity contribution in [1.82, 2.24) is 19.6 Å². The first-order valence-electron chi connectivity index (χ1n) is 10.2. The van der Waals surface area contributed by atoms with Crippen LogP contribution in [0.2, 0.25) is 0 Å². The average molecular weight is 439 g/mol. The maximum atomic E-state index is 13.6. The molecule has 0 N–H and O–H groups in total. The third-order valence-electron chi connectivity index (χ3n) is 5.27. The molecule has 0 amide bonds. The van der Waals surface area contributed by atoms with Crippen molar-refractivity contribution < 1.29 is 9.31 Å². The first-order valence-corrected chi connectivity index (χ1v) is 10.2. The van der Waals surface area contributed by atoms with Gasteiger partial charge in [0, 0.05) is 29.5 Å². The molecule has 5 rings (SSSR count). The number of hydrogen-bond acceptors (Lipinski definition) is 4. The van der Waals surface area contributed by atoms with E-state index in [0.29, 0.717) is 11.4 Å². The number of para-hydroxylation sites is 1. The number of non-ortho nitro benzene ring substituents is 1. The second-order valence-corrected chi connectivity index (χ2v) is 7.53. The Labute approximate surface area is 188 Å². The third kappa shape index (κ3) is 3.89. The monoisotopic (exact) mass is 439 g/mol. The van der Waals surface area contributed by atoms with E-state index >= 15 is 0 Å². The number of nitrogens with zero attached hydrogens (tertiary/aromatic N) is 5. The van der Waals surface area contributed by atoms with Crippen molar-refractivity contribution >= 4 is 5.69 Å². The molecule has 8 heteroatoms. The van der Waals surface area contributed by atoms with E-state index in [-0.39, 0.29) is 11.5 Å². The lowest BCUT2D eigenvalue weighted by molar-refractivity contribution is -0.384. The predicted octanol–water partition coefficient (Wildman–Crippen LogP) is 5.75. The highest BCUT2D eigenvalue weighted by molar-refractivity contribution is 5.80. The quantitative estimate of drug-likeness (QED) is 0.258. The Balaban J connectivity index is 1.70. The van der Waals surface area contributed by atoms with Crippen molar-refractivity contribution in [3.8, 4) is 33.9 Å². The van der Waals surface area contributed by atoms with Gasteiger partial charge in [0.1, 0.15) is 11.5 Å². The van der Waals surface area contributed by atoms with E-state index in [9.17, 15) is 14.5 Å². The van der Waals surface area contributed by atoms with Gasteiger partial charge in [-0.15, -0.1) is 0 Å². The van der Waals surface area contributed by atoms with Crippen LogP contribution in [0.5, 0.6) is 0 Å². The highest BCUT2D eigenvalue weighted by Gasteiger charge is 2.19. The number of benzene rings is 3. The first-order chi connectivity index (χ1) is 16.0. The fourth-order valence-corrected chi connectivity index (χ4v) is 3.70. The highest BCUT2D eigenvalue weighted by atomic mass is 19.1. The Morgan fingerprint density at radius 2 is 1.58 bits per heavy atom. The molecule has 162 valence electrons. The van der Waals surface area contributed by atoms with Gasteiger partial charge < -0.3 is 0 Å². The highest BCUT2D eigenvalue weighted by Crippen LogP contribution is 2.34. The van der Waals surface area contributed by atoms with Crippen LogP contribution >= 0.6 is 0 Å². The zero-order chi connectivity index (χ0) is 22.9. The van der Waals surface area contributed by atoms with Gasteiger partial charge in [0.05, 0.1) is 27.7 Å². The summed E-state index contributed by atoms with van der Waals surface area (Å²) in [4.78, 5) is 10.6. The molecule has 3 aromatic carbocycles. The van der Waals surface area contributed by atoms with E-state index in [1.807, 2.05) is 54.2 Å². The van der Waals surface area contributed by atoms with Crippen molar-refractivity contribution in [2.24, 2.45) is 0 Å². The molecule has 0 fully saturated rings. The molecule has 0 atom stereocenters. The molecule has 0 bridgehead atoms. The summed E-state index contributed by atoms with van der Waals surface area (Å²) in [5.41, 5.74) is 5.41. The Kier molecular flexibility index (Phi) is 5.02. The van der Waals surface area contributed by atoms with E-state index in [4.69, 9.17) is 5.10 Å². The number of nitro benzene ring substituents is 1. The van der Waals surface area contributed by atoms with Gasteiger partial charge >= 0.3 is 0 Å². The Morgan fingerprint density at radius 1 is 0.879 bits per heavy atom. The lowest BCUT2D eigenvalue weighted by atomic mass is 10.1. The molecule has 0 saturated carbocycles. The summed E-state index contributed by atoms with van der Waals surface area (Å²) in [5, 5.41) is 20.4. The summed E-state index contributed by atoms with van der Waals surface area (Å²) in [5.74, 6) is -0.333. The minimum atomic E-state index is -0.441. The molecular weight excluding hydrogens is 421 g/mol. The molecule has 0 spiro atoms. The maximum absolute atomic E-state index is 13.6. The second kappa shape index (κ2) is 8.16. The van der Waals surface area contributed by atoms with Crippen LogP contribution in [0.3, 0.4) is 0 Å². The van der Waals surface area contributed by atoms with Crippen molar-refractivity contribution in [1.29, 1.82) is 0 Å². The largest absolute Gasteiger partial charge is 0.269 e. The van der Waals surface area contributed by atoms with Crippen molar-refractivity contribution in [2.75, 3.05) is 0 Å². The summed E-state index contributed by atoms with van der Waals surface area (Å²) in [6.45, 7) is 1.92. The minimum absolute atomic E-state index is 0.00247. The molecule has 0 aliphatic heterocycles. The summed E-state index contributed by atoms with van der Waals surface area (Å²) in [7, 11) is 0. The number of hydrogen-bond donors (Lipinski definition) is 0. The van der Waals surface area contributed by atoms with Crippen LogP contribution < -0.4 is 0 Å². The summed E-state index contributed by atoms with van der Waals surface area (Å²) in [6, 6.07) is 24.0. The zero-order valence-corrected chi connectivity index (χ0v) is 17.6. The lowest BCUT2D eigenvalue weighted by Gasteiger charge is -2.07. The van der Waals surface area contributed by atoms with Crippen LogP contribution in [-0.4, -0.2) is 24.5 Å². The topological polar surface area (TPSA) is 78.8 Å². The smallest absolute Gasteiger partial charge is 0.258 e. The van der Waals surface area contributed by atoms with Gasteiger partial charge in [-0.3, -0.25) is 10.1 Å². The predicted molar refractivity (Wildman–Crippen MR) is 123 cm³/mol. The van der Waals surface area contributed by atoms with Gasteiger partial charge in [-0.2, -0.15) is 10.2 Å². The van der Waals surface area contributed by atoms with Crippen LogP contribution in [0.25, 0.3) is 33.9 Å². The number of rotatable bonds is 5. The van der Waals surface area contributed by atoms with Gasteiger partial charge in [0.2, 0.25) is 0 Å². The number of halogens is 1. The average Bonchev–Trinajstić information content (AvgIpc) is 3.44. The fourth-order valence-electron chi connectivity index (χ4n) is 3.70. The molecule has 0 aliphatic carbocycles. The van der Waals surface area contributed by atoms with Gasteiger partial charge in [-0.1, -0.05) is 18.2 Å². The van der Waals surface area contributed by atoms with Gasteiger partial charge in [-0.05, 0) is 61.5 Å². The molecule has 0 radical (unpaired) electrons. The second-order valence-electron chi connectivity index (χ2n) is 7.53. The van der Waals surface area contributed by atoms with Crippen molar-refractivity contribution in [3.05, 3.63) is 113 Å². The van der Waals surface area contributed by atoms with Crippen LogP contribution in [0.15, 0.2) is 91.1 Å². The van der Waals surface area contributed by atoms with Crippen LogP contribution in [0, 0.1) is 22.9 Å². The Hall–Kier alpha value is -4.59. The van der Waals surface area contributed by atoms with E-state index < -0.39 is 4.92 Å². The molecule has 7 nitrogen and oxygen atoms in total. The fraction of sp³-hybridized carbons (Fsp3) is 0.0400. The molecule has 2 aromatic heterocycles. The lowest BCUT2D eigenvalue weighted by Crippen LogP contribution is -1.99. The number of nitro groups is 1. The van der Waals surface area contributed by atoms with Crippen LogP contribution in [0.4, 0.5) is 10.1 Å². The summed E-state index contributed by atoms with van der Waals surface area (Å²) in [6.07, 6.45) is 1.86. The van der Waals surface area contributed by atoms with E-state index in [1.54, 1.807) is 28.9 Å².